The van der Waals surface area contributed by atoms with Gasteiger partial charge in [-0.1, -0.05) is 32.0 Å². The van der Waals surface area contributed by atoms with Crippen molar-refractivity contribution in [1.29, 1.82) is 5.26 Å². The van der Waals surface area contributed by atoms with Gasteiger partial charge in [0.2, 0.25) is 0 Å². The Morgan fingerprint density at radius 1 is 0.970 bits per heavy atom. The lowest BCUT2D eigenvalue weighted by atomic mass is 9.69. The Morgan fingerprint density at radius 3 is 2.12 bits per heavy atom. The van der Waals surface area contributed by atoms with Crippen LogP contribution in [0.5, 0.6) is 11.5 Å². The Labute approximate surface area is 194 Å². The molecule has 0 spiro atoms. The van der Waals surface area contributed by atoms with Crippen molar-refractivity contribution in [1.82, 2.24) is 4.90 Å². The maximum Gasteiger partial charge on any atom is 0.416 e. The number of ether oxygens (including phenoxy) is 2. The Hall–Kier alpha value is -2.72. The zero-order chi connectivity index (χ0) is 24.6. The van der Waals surface area contributed by atoms with Gasteiger partial charge in [-0.3, -0.25) is 0 Å². The molecule has 0 fully saturated rings. The first-order chi connectivity index (χ1) is 15.6. The Balaban J connectivity index is 2.04. The van der Waals surface area contributed by atoms with Crippen LogP contribution in [0.2, 0.25) is 0 Å². The van der Waals surface area contributed by atoms with E-state index in [9.17, 15) is 18.4 Å². The summed E-state index contributed by atoms with van der Waals surface area (Å²) < 4.78 is 49.6. The van der Waals surface area contributed by atoms with Gasteiger partial charge < -0.3 is 14.4 Å². The van der Waals surface area contributed by atoms with Crippen LogP contribution >= 0.6 is 0 Å². The Morgan fingerprint density at radius 2 is 1.61 bits per heavy atom. The van der Waals surface area contributed by atoms with Crippen LogP contribution in [0.1, 0.15) is 43.4 Å². The molecule has 1 atom stereocenters. The highest BCUT2D eigenvalue weighted by atomic mass is 19.4. The van der Waals surface area contributed by atoms with Crippen LogP contribution in [-0.4, -0.2) is 39.3 Å². The summed E-state index contributed by atoms with van der Waals surface area (Å²) in [6.07, 6.45) is -2.39. The van der Waals surface area contributed by atoms with Crippen LogP contribution in [0.25, 0.3) is 0 Å². The average Bonchev–Trinajstić information content (AvgIpc) is 2.79. The number of hydrogen-bond donors (Lipinski definition) is 0. The van der Waals surface area contributed by atoms with E-state index in [4.69, 9.17) is 9.47 Å². The van der Waals surface area contributed by atoms with Crippen LogP contribution in [0.15, 0.2) is 42.5 Å². The number of alkyl halides is 3. The van der Waals surface area contributed by atoms with E-state index in [2.05, 4.69) is 11.0 Å². The smallest absolute Gasteiger partial charge is 0.416 e. The van der Waals surface area contributed by atoms with Gasteiger partial charge in [-0.25, -0.2) is 0 Å². The molecule has 0 radical (unpaired) electrons. The second-order valence-corrected chi connectivity index (χ2v) is 8.69. The zero-order valence-electron chi connectivity index (χ0n) is 20.0. The summed E-state index contributed by atoms with van der Waals surface area (Å²) in [5, 5.41) is 10.2. The minimum absolute atomic E-state index is 0.0646. The van der Waals surface area contributed by atoms with Crippen molar-refractivity contribution < 1.29 is 22.6 Å². The molecule has 2 rings (SSSR count). The fourth-order valence-electron chi connectivity index (χ4n) is 4.04. The molecule has 0 saturated carbocycles. The molecule has 2 aromatic rings. The number of nitriles is 1. The van der Waals surface area contributed by atoms with E-state index >= 15 is 0 Å². The van der Waals surface area contributed by atoms with Crippen LogP contribution in [0, 0.1) is 17.2 Å². The molecule has 33 heavy (non-hydrogen) atoms. The molecule has 7 heteroatoms. The fourth-order valence-corrected chi connectivity index (χ4v) is 4.04. The molecule has 0 saturated heterocycles. The van der Waals surface area contributed by atoms with Crippen molar-refractivity contribution in [3.63, 3.8) is 0 Å². The predicted molar refractivity (Wildman–Crippen MR) is 124 cm³/mol. The maximum atomic E-state index is 12.9. The predicted octanol–water partition coefficient (Wildman–Crippen LogP) is 6.09. The van der Waals surface area contributed by atoms with Crippen LogP contribution in [-0.2, 0) is 18.0 Å². The van der Waals surface area contributed by atoms with Crippen LogP contribution in [0.3, 0.4) is 0 Å². The SMILES string of the molecule is COc1cc(OC)cc(C(C#N)(CCCN(C)CCc2cccc(C(F)(F)F)c2)C(C)C)c1. The Bertz CT molecular complexity index is 931. The van der Waals surface area contributed by atoms with Gasteiger partial charge in [-0.15, -0.1) is 0 Å². The molecule has 4 nitrogen and oxygen atoms in total. The summed E-state index contributed by atoms with van der Waals surface area (Å²) in [6.45, 7) is 5.44. The summed E-state index contributed by atoms with van der Waals surface area (Å²) in [6, 6.07) is 13.6. The highest BCUT2D eigenvalue weighted by Gasteiger charge is 2.36. The molecule has 0 aliphatic rings. The summed E-state index contributed by atoms with van der Waals surface area (Å²) >= 11 is 0. The lowest BCUT2D eigenvalue weighted by Crippen LogP contribution is -2.32. The first-order valence-corrected chi connectivity index (χ1v) is 11.0. The lowest BCUT2D eigenvalue weighted by molar-refractivity contribution is -0.137. The van der Waals surface area contributed by atoms with Gasteiger partial charge in [0.25, 0.3) is 0 Å². The van der Waals surface area contributed by atoms with E-state index in [1.807, 2.05) is 33.0 Å². The number of rotatable bonds is 11. The first kappa shape index (κ1) is 26.5. The van der Waals surface area contributed by atoms with Gasteiger partial charge in [0.15, 0.2) is 0 Å². The summed E-state index contributed by atoms with van der Waals surface area (Å²) in [7, 11) is 5.12. The number of methoxy groups -OCH3 is 2. The molecule has 0 heterocycles. The molecule has 180 valence electrons. The molecule has 0 amide bonds. The topological polar surface area (TPSA) is 45.5 Å². The fraction of sp³-hybridized carbons (Fsp3) is 0.500. The van der Waals surface area contributed by atoms with Crippen LogP contribution < -0.4 is 9.47 Å². The highest BCUT2D eigenvalue weighted by Crippen LogP contribution is 2.40. The standard InChI is InChI=1S/C26H33F3N2O2/c1-19(2)25(18-30,22-15-23(32-4)17-24(16-22)33-5)11-7-12-31(3)13-10-20-8-6-9-21(14-20)26(27,28)29/h6,8-9,14-17,19H,7,10-13H2,1-5H3. The molecule has 0 bridgehead atoms. The minimum Gasteiger partial charge on any atom is -0.497 e. The number of halogens is 3. The minimum atomic E-state index is -4.33. The molecule has 0 aliphatic heterocycles. The van der Waals surface area contributed by atoms with E-state index in [1.165, 1.54) is 12.1 Å². The average molecular weight is 463 g/mol. The monoisotopic (exact) mass is 462 g/mol. The van der Waals surface area contributed by atoms with Gasteiger partial charge in [0.1, 0.15) is 11.5 Å². The molecule has 0 N–H and O–H groups in total. The van der Waals surface area contributed by atoms with Crippen molar-refractivity contribution in [3.8, 4) is 17.6 Å². The third-order valence-electron chi connectivity index (χ3n) is 6.20. The second kappa shape index (κ2) is 11.4. The third kappa shape index (κ3) is 6.88. The van der Waals surface area contributed by atoms with E-state index < -0.39 is 17.2 Å². The summed E-state index contributed by atoms with van der Waals surface area (Å²) in [4.78, 5) is 2.09. The second-order valence-electron chi connectivity index (χ2n) is 8.69. The number of nitrogens with zero attached hydrogens (tertiary/aromatic N) is 2. The van der Waals surface area contributed by atoms with Gasteiger partial charge in [0, 0.05) is 12.6 Å². The zero-order valence-corrected chi connectivity index (χ0v) is 20.0. The molecular formula is C26H33F3N2O2. The number of hydrogen-bond acceptors (Lipinski definition) is 4. The molecule has 0 aliphatic carbocycles. The van der Waals surface area contributed by atoms with Crippen molar-refractivity contribution in [2.24, 2.45) is 5.92 Å². The number of likely N-dealkylation sites (N-methyl/N-ethyl adjacent to an activating group) is 1. The van der Waals surface area contributed by atoms with E-state index in [0.717, 1.165) is 24.6 Å². The lowest BCUT2D eigenvalue weighted by Gasteiger charge is -2.32. The summed E-state index contributed by atoms with van der Waals surface area (Å²) in [5.41, 5.74) is 0.201. The molecular weight excluding hydrogens is 429 g/mol. The van der Waals surface area contributed by atoms with E-state index in [0.29, 0.717) is 36.4 Å². The molecule has 2 aromatic carbocycles. The highest BCUT2D eigenvalue weighted by molar-refractivity contribution is 5.45. The molecule has 0 aromatic heterocycles. The third-order valence-corrected chi connectivity index (χ3v) is 6.20. The normalized spacial score (nSPS) is 13.6. The van der Waals surface area contributed by atoms with Crippen molar-refractivity contribution in [3.05, 3.63) is 59.2 Å². The first-order valence-electron chi connectivity index (χ1n) is 11.0. The summed E-state index contributed by atoms with van der Waals surface area (Å²) in [5.74, 6) is 1.35. The van der Waals surface area contributed by atoms with Gasteiger partial charge in [-0.2, -0.15) is 18.4 Å². The molecule has 1 unspecified atom stereocenters. The van der Waals surface area contributed by atoms with Crippen LogP contribution in [0.4, 0.5) is 13.2 Å². The quantitative estimate of drug-likeness (QED) is 0.405. The van der Waals surface area contributed by atoms with Crippen molar-refractivity contribution in [2.75, 3.05) is 34.4 Å². The van der Waals surface area contributed by atoms with Gasteiger partial charge in [-0.05, 0) is 68.1 Å². The van der Waals surface area contributed by atoms with Gasteiger partial charge >= 0.3 is 6.18 Å². The maximum absolute atomic E-state index is 12.9. The van der Waals surface area contributed by atoms with E-state index in [-0.39, 0.29) is 5.92 Å². The van der Waals surface area contributed by atoms with E-state index in [1.54, 1.807) is 26.4 Å². The van der Waals surface area contributed by atoms with Gasteiger partial charge in [0.05, 0.1) is 31.3 Å². The van der Waals surface area contributed by atoms with Crippen molar-refractivity contribution in [2.45, 2.75) is 44.7 Å². The Kier molecular flexibility index (Phi) is 9.18. The largest absolute Gasteiger partial charge is 0.497 e. The number of benzene rings is 2. The van der Waals surface area contributed by atoms with Crippen molar-refractivity contribution >= 4 is 0 Å².